The van der Waals surface area contributed by atoms with Gasteiger partial charge in [0.2, 0.25) is 0 Å². The number of hydrogen-bond donors (Lipinski definition) is 1. The maximum atomic E-state index is 5.79. The van der Waals surface area contributed by atoms with Gasteiger partial charge in [-0.2, -0.15) is 0 Å². The maximum absolute atomic E-state index is 5.79. The van der Waals surface area contributed by atoms with Gasteiger partial charge in [0.25, 0.3) is 0 Å². The first-order valence-corrected chi connectivity index (χ1v) is 8.44. The topological polar surface area (TPSA) is 38.9 Å². The normalized spacial score (nSPS) is 12.4. The molecule has 0 aliphatic carbocycles. The molecule has 1 atom stereocenters. The van der Waals surface area contributed by atoms with Gasteiger partial charge in [-0.15, -0.1) is 11.3 Å². The van der Waals surface area contributed by atoms with Gasteiger partial charge >= 0.3 is 0 Å². The van der Waals surface area contributed by atoms with Gasteiger partial charge in [0.05, 0.1) is 5.01 Å². The number of aromatic nitrogens is 1. The summed E-state index contributed by atoms with van der Waals surface area (Å²) >= 11 is 1.76. The van der Waals surface area contributed by atoms with E-state index in [2.05, 4.69) is 29.4 Å². The molecular weight excluding hydrogens is 264 g/mol. The molecule has 20 heavy (non-hydrogen) atoms. The van der Waals surface area contributed by atoms with Gasteiger partial charge in [-0.05, 0) is 24.1 Å². The minimum atomic E-state index is 0.428. The third-order valence-electron chi connectivity index (χ3n) is 3.68. The molecule has 1 unspecified atom stereocenters. The van der Waals surface area contributed by atoms with Crippen molar-refractivity contribution >= 4 is 17.0 Å². The Hall–Kier alpha value is -1.35. The number of nitrogens with two attached hydrogens (primary N) is 1. The van der Waals surface area contributed by atoms with Crippen LogP contribution in [0.5, 0.6) is 0 Å². The lowest BCUT2D eigenvalue weighted by Gasteiger charge is -2.15. The largest absolute Gasteiger partial charge is 0.399 e. The molecule has 0 aliphatic heterocycles. The van der Waals surface area contributed by atoms with Crippen molar-refractivity contribution in [3.8, 4) is 0 Å². The number of benzene rings is 1. The molecule has 0 spiro atoms. The van der Waals surface area contributed by atoms with Crippen molar-refractivity contribution in [2.45, 2.75) is 51.4 Å². The monoisotopic (exact) mass is 288 g/mol. The highest BCUT2D eigenvalue weighted by atomic mass is 32.1. The predicted octanol–water partition coefficient (Wildman–Crippen LogP) is 5.22. The quantitative estimate of drug-likeness (QED) is 0.534. The summed E-state index contributed by atoms with van der Waals surface area (Å²) in [7, 11) is 0. The van der Waals surface area contributed by atoms with E-state index in [-0.39, 0.29) is 0 Å². The van der Waals surface area contributed by atoms with Gasteiger partial charge in [-0.1, -0.05) is 51.2 Å². The molecular formula is C17H24N2S. The minimum absolute atomic E-state index is 0.428. The number of rotatable bonds is 8. The first kappa shape index (κ1) is 15.0. The number of hydrogen-bond acceptors (Lipinski definition) is 3. The van der Waals surface area contributed by atoms with Crippen molar-refractivity contribution in [2.75, 3.05) is 5.73 Å². The average molecular weight is 288 g/mol. The molecule has 108 valence electrons. The third kappa shape index (κ3) is 4.34. The van der Waals surface area contributed by atoms with Gasteiger partial charge in [0.15, 0.2) is 0 Å². The Morgan fingerprint density at radius 3 is 2.50 bits per heavy atom. The van der Waals surface area contributed by atoms with Crippen molar-refractivity contribution in [3.05, 3.63) is 46.4 Å². The van der Waals surface area contributed by atoms with Crippen LogP contribution in [-0.2, 0) is 0 Å². The zero-order chi connectivity index (χ0) is 14.2. The number of anilines is 1. The Kier molecular flexibility index (Phi) is 6.06. The highest BCUT2D eigenvalue weighted by Gasteiger charge is 2.16. The minimum Gasteiger partial charge on any atom is -0.399 e. The summed E-state index contributed by atoms with van der Waals surface area (Å²) in [4.78, 5) is 4.52. The lowest BCUT2D eigenvalue weighted by Crippen LogP contribution is -2.01. The number of thiazole rings is 1. The van der Waals surface area contributed by atoms with Crippen LogP contribution in [0.15, 0.2) is 35.8 Å². The lowest BCUT2D eigenvalue weighted by atomic mass is 9.93. The number of unbranched alkanes of at least 4 members (excludes halogenated alkanes) is 4. The van der Waals surface area contributed by atoms with Crippen LogP contribution in [0.25, 0.3) is 0 Å². The summed E-state index contributed by atoms with van der Waals surface area (Å²) in [5.41, 5.74) is 7.95. The smallest absolute Gasteiger partial charge is 0.0999 e. The Bertz CT molecular complexity index is 476. The lowest BCUT2D eigenvalue weighted by molar-refractivity contribution is 0.579. The van der Waals surface area contributed by atoms with Crippen LogP contribution < -0.4 is 5.73 Å². The van der Waals surface area contributed by atoms with Gasteiger partial charge in [0, 0.05) is 23.2 Å². The SMILES string of the molecule is CCCCCCCC(c1ccc(N)cc1)c1nccs1. The first-order chi connectivity index (χ1) is 9.81. The summed E-state index contributed by atoms with van der Waals surface area (Å²) < 4.78 is 0. The summed E-state index contributed by atoms with van der Waals surface area (Å²) in [6.07, 6.45) is 9.68. The van der Waals surface area contributed by atoms with Crippen LogP contribution in [-0.4, -0.2) is 4.98 Å². The van der Waals surface area contributed by atoms with E-state index in [0.29, 0.717) is 5.92 Å². The van der Waals surface area contributed by atoms with E-state index < -0.39 is 0 Å². The van der Waals surface area contributed by atoms with Crippen LogP contribution in [0.3, 0.4) is 0 Å². The number of nitrogen functional groups attached to an aromatic ring is 1. The second-order valence-electron chi connectivity index (χ2n) is 5.29. The zero-order valence-electron chi connectivity index (χ0n) is 12.2. The molecule has 2 nitrogen and oxygen atoms in total. The Balaban J connectivity index is 2.00. The van der Waals surface area contributed by atoms with Crippen molar-refractivity contribution in [2.24, 2.45) is 0 Å². The fourth-order valence-electron chi connectivity index (χ4n) is 2.52. The highest BCUT2D eigenvalue weighted by molar-refractivity contribution is 7.09. The second-order valence-corrected chi connectivity index (χ2v) is 6.22. The molecule has 1 aromatic carbocycles. The summed E-state index contributed by atoms with van der Waals surface area (Å²) in [5.74, 6) is 0.428. The van der Waals surface area contributed by atoms with E-state index in [0.717, 1.165) is 5.69 Å². The molecule has 0 saturated carbocycles. The van der Waals surface area contributed by atoms with Crippen molar-refractivity contribution < 1.29 is 0 Å². The third-order valence-corrected chi connectivity index (χ3v) is 4.57. The van der Waals surface area contributed by atoms with Gasteiger partial charge in [0.1, 0.15) is 0 Å². The predicted molar refractivity (Wildman–Crippen MR) is 88.2 cm³/mol. The van der Waals surface area contributed by atoms with E-state index in [4.69, 9.17) is 5.73 Å². The maximum Gasteiger partial charge on any atom is 0.0999 e. The number of nitrogens with zero attached hydrogens (tertiary/aromatic N) is 1. The Labute approximate surface area is 126 Å². The molecule has 0 saturated heterocycles. The molecule has 0 aliphatic rings. The molecule has 2 rings (SSSR count). The van der Waals surface area contributed by atoms with Crippen molar-refractivity contribution in [3.63, 3.8) is 0 Å². The summed E-state index contributed by atoms with van der Waals surface area (Å²) in [5, 5.41) is 3.29. The van der Waals surface area contributed by atoms with E-state index in [1.165, 1.54) is 49.1 Å². The molecule has 0 fully saturated rings. The van der Waals surface area contributed by atoms with Gasteiger partial charge in [-0.25, -0.2) is 4.98 Å². The van der Waals surface area contributed by atoms with Gasteiger partial charge in [-0.3, -0.25) is 0 Å². The highest BCUT2D eigenvalue weighted by Crippen LogP contribution is 2.31. The standard InChI is InChI=1S/C17H24N2S/c1-2-3-4-5-6-7-16(17-19-12-13-20-17)14-8-10-15(18)11-9-14/h8-13,16H,2-7,18H2,1H3. The second kappa shape index (κ2) is 8.05. The van der Waals surface area contributed by atoms with Crippen LogP contribution in [0, 0.1) is 0 Å². The van der Waals surface area contributed by atoms with Crippen LogP contribution in [0.1, 0.15) is 61.9 Å². The van der Waals surface area contributed by atoms with E-state index in [9.17, 15) is 0 Å². The van der Waals surface area contributed by atoms with Crippen LogP contribution in [0.4, 0.5) is 5.69 Å². The average Bonchev–Trinajstić information content (AvgIpc) is 2.98. The van der Waals surface area contributed by atoms with Gasteiger partial charge < -0.3 is 5.73 Å². The first-order valence-electron chi connectivity index (χ1n) is 7.56. The van der Waals surface area contributed by atoms with Crippen molar-refractivity contribution in [1.29, 1.82) is 0 Å². The van der Waals surface area contributed by atoms with E-state index >= 15 is 0 Å². The van der Waals surface area contributed by atoms with E-state index in [1.807, 2.05) is 18.3 Å². The van der Waals surface area contributed by atoms with Crippen molar-refractivity contribution in [1.82, 2.24) is 4.98 Å². The Morgan fingerprint density at radius 2 is 1.85 bits per heavy atom. The summed E-state index contributed by atoms with van der Waals surface area (Å²) in [6.45, 7) is 2.26. The molecule has 1 aromatic heterocycles. The molecule has 1 heterocycles. The van der Waals surface area contributed by atoms with E-state index in [1.54, 1.807) is 11.3 Å². The molecule has 0 bridgehead atoms. The molecule has 2 aromatic rings. The Morgan fingerprint density at radius 1 is 1.10 bits per heavy atom. The molecule has 3 heteroatoms. The zero-order valence-corrected chi connectivity index (χ0v) is 13.0. The fourth-order valence-corrected chi connectivity index (χ4v) is 3.32. The summed E-state index contributed by atoms with van der Waals surface area (Å²) in [6, 6.07) is 8.28. The molecule has 0 radical (unpaired) electrons. The fraction of sp³-hybridized carbons (Fsp3) is 0.471. The molecule has 2 N–H and O–H groups in total. The molecule has 0 amide bonds. The van der Waals surface area contributed by atoms with Crippen LogP contribution in [0.2, 0.25) is 0 Å². The van der Waals surface area contributed by atoms with Crippen LogP contribution >= 0.6 is 11.3 Å².